The quantitative estimate of drug-likeness (QED) is 0.0222. The van der Waals surface area contributed by atoms with E-state index in [1.165, 1.54) is 308 Å². The molecule has 642 valence electrons. The summed E-state index contributed by atoms with van der Waals surface area (Å²) in [7, 11) is -9.93. The lowest BCUT2D eigenvalue weighted by Crippen LogP contribution is -2.30. The second-order valence-electron chi connectivity index (χ2n) is 32.2. The Kier molecular flexibility index (Phi) is 80.2. The van der Waals surface area contributed by atoms with Gasteiger partial charge in [0.2, 0.25) is 0 Å². The van der Waals surface area contributed by atoms with Crippen molar-refractivity contribution in [3.05, 3.63) is 0 Å². The van der Waals surface area contributed by atoms with Crippen LogP contribution in [0.3, 0.4) is 0 Å². The Balaban J connectivity index is 5.25. The van der Waals surface area contributed by atoms with Crippen molar-refractivity contribution < 1.29 is 80.2 Å². The number of hydrogen-bond donors (Lipinski definition) is 3. The highest BCUT2D eigenvalue weighted by Crippen LogP contribution is 2.45. The lowest BCUT2D eigenvalue weighted by molar-refractivity contribution is -0.161. The smallest absolute Gasteiger partial charge is 0.462 e. The molecule has 0 bridgehead atoms. The molecule has 0 saturated carbocycles. The van der Waals surface area contributed by atoms with Crippen LogP contribution in [0.5, 0.6) is 0 Å². The van der Waals surface area contributed by atoms with E-state index in [0.29, 0.717) is 25.7 Å². The summed E-state index contributed by atoms with van der Waals surface area (Å²) >= 11 is 0. The third-order valence-corrected chi connectivity index (χ3v) is 23.3. The number of rotatable bonds is 89. The van der Waals surface area contributed by atoms with Crippen LogP contribution < -0.4 is 0 Å². The Morgan fingerprint density at radius 1 is 0.259 bits per heavy atom. The maximum atomic E-state index is 13.2. The van der Waals surface area contributed by atoms with Crippen LogP contribution in [0.2, 0.25) is 0 Å². The van der Waals surface area contributed by atoms with Gasteiger partial charge in [0.25, 0.3) is 0 Å². The van der Waals surface area contributed by atoms with Crippen LogP contribution in [0.1, 0.15) is 484 Å². The summed E-state index contributed by atoms with van der Waals surface area (Å²) < 4.78 is 69.0. The highest BCUT2D eigenvalue weighted by molar-refractivity contribution is 7.47. The molecule has 0 aromatic heterocycles. The first-order chi connectivity index (χ1) is 52.6. The van der Waals surface area contributed by atoms with Crippen molar-refractivity contribution in [1.82, 2.24) is 0 Å². The van der Waals surface area contributed by atoms with Crippen molar-refractivity contribution in [2.24, 2.45) is 5.92 Å². The number of aliphatic hydroxyl groups is 1. The van der Waals surface area contributed by atoms with Crippen LogP contribution in [0.4, 0.5) is 0 Å². The molecule has 0 radical (unpaired) electrons. The Bertz CT molecular complexity index is 2050. The van der Waals surface area contributed by atoms with Gasteiger partial charge in [-0.05, 0) is 31.6 Å². The number of unbranched alkanes of at least 4 members (excludes halogenated alkanes) is 60. The molecule has 108 heavy (non-hydrogen) atoms. The van der Waals surface area contributed by atoms with Gasteiger partial charge in [0, 0.05) is 25.7 Å². The third kappa shape index (κ3) is 80.7. The summed E-state index contributed by atoms with van der Waals surface area (Å²) in [5, 5.41) is 10.7. The number of carbonyl (C=O) groups is 4. The van der Waals surface area contributed by atoms with Gasteiger partial charge in [-0.25, -0.2) is 9.13 Å². The molecule has 0 aromatic carbocycles. The number of esters is 4. The number of phosphoric acid groups is 2. The minimum Gasteiger partial charge on any atom is -0.462 e. The van der Waals surface area contributed by atoms with Gasteiger partial charge in [-0.3, -0.25) is 37.3 Å². The van der Waals surface area contributed by atoms with Crippen molar-refractivity contribution in [2.45, 2.75) is 502 Å². The lowest BCUT2D eigenvalue weighted by Gasteiger charge is -2.21. The fourth-order valence-electron chi connectivity index (χ4n) is 14.0. The fraction of sp³-hybridized carbons (Fsp3) is 0.955. The summed E-state index contributed by atoms with van der Waals surface area (Å²) in [4.78, 5) is 73.4. The number of carbonyl (C=O) groups excluding carboxylic acids is 4. The van der Waals surface area contributed by atoms with E-state index in [-0.39, 0.29) is 25.7 Å². The average Bonchev–Trinajstić information content (AvgIpc) is 0.901. The summed E-state index contributed by atoms with van der Waals surface area (Å²) in [6, 6.07) is 0. The Morgan fingerprint density at radius 3 is 0.657 bits per heavy atom. The van der Waals surface area contributed by atoms with Gasteiger partial charge < -0.3 is 33.8 Å². The number of phosphoric ester groups is 2. The van der Waals surface area contributed by atoms with Crippen LogP contribution in [0, 0.1) is 5.92 Å². The van der Waals surface area contributed by atoms with Gasteiger partial charge in [-0.2, -0.15) is 0 Å². The van der Waals surface area contributed by atoms with Crippen molar-refractivity contribution in [1.29, 1.82) is 0 Å². The minimum absolute atomic E-state index is 0.109. The van der Waals surface area contributed by atoms with Crippen LogP contribution in [0.15, 0.2) is 0 Å². The summed E-state index contributed by atoms with van der Waals surface area (Å²) in [5.41, 5.74) is 0. The van der Waals surface area contributed by atoms with Crippen LogP contribution in [-0.4, -0.2) is 96.7 Å². The van der Waals surface area contributed by atoms with Crippen LogP contribution >= 0.6 is 15.6 Å². The number of aliphatic hydroxyl groups excluding tert-OH is 1. The van der Waals surface area contributed by atoms with E-state index in [2.05, 4.69) is 34.6 Å². The average molecular weight is 1580 g/mol. The Morgan fingerprint density at radius 2 is 0.444 bits per heavy atom. The first kappa shape index (κ1) is 106. The van der Waals surface area contributed by atoms with E-state index >= 15 is 0 Å². The molecular weight excluding hydrogens is 1400 g/mol. The molecule has 0 aromatic rings. The van der Waals surface area contributed by atoms with Crippen molar-refractivity contribution in [2.75, 3.05) is 39.6 Å². The highest BCUT2D eigenvalue weighted by Gasteiger charge is 2.31. The molecule has 0 aliphatic carbocycles. The van der Waals surface area contributed by atoms with Gasteiger partial charge in [0.15, 0.2) is 12.2 Å². The molecule has 0 aliphatic rings. The van der Waals surface area contributed by atoms with E-state index in [9.17, 15) is 43.2 Å². The molecular formula is C89H174O17P2. The molecule has 0 fully saturated rings. The number of hydrogen-bond acceptors (Lipinski definition) is 15. The zero-order valence-electron chi connectivity index (χ0n) is 71.0. The molecule has 3 unspecified atom stereocenters. The third-order valence-electron chi connectivity index (χ3n) is 21.4. The predicted octanol–water partition coefficient (Wildman–Crippen LogP) is 27.5. The largest absolute Gasteiger partial charge is 0.472 e. The van der Waals surface area contributed by atoms with Crippen molar-refractivity contribution in [3.63, 3.8) is 0 Å². The van der Waals surface area contributed by atoms with Crippen LogP contribution in [0.25, 0.3) is 0 Å². The Labute approximate surface area is 664 Å². The van der Waals surface area contributed by atoms with Gasteiger partial charge in [0.1, 0.15) is 19.3 Å². The first-order valence-corrected chi connectivity index (χ1v) is 49.2. The molecule has 6 atom stereocenters. The molecule has 0 heterocycles. The fourth-order valence-corrected chi connectivity index (χ4v) is 15.5. The van der Waals surface area contributed by atoms with Gasteiger partial charge in [-0.15, -0.1) is 0 Å². The van der Waals surface area contributed by atoms with Gasteiger partial charge in [-0.1, -0.05) is 433 Å². The molecule has 0 aliphatic heterocycles. The van der Waals surface area contributed by atoms with E-state index < -0.39 is 97.5 Å². The molecule has 0 saturated heterocycles. The normalized spacial score (nSPS) is 14.0. The number of ether oxygens (including phenoxy) is 4. The van der Waals surface area contributed by atoms with Crippen LogP contribution in [-0.2, 0) is 65.4 Å². The first-order valence-electron chi connectivity index (χ1n) is 46.2. The standard InChI is InChI=1S/C89H174O17P2/c1-6-10-13-16-19-22-25-28-30-31-35-39-43-48-53-58-63-68-73-87(92)100-79-85(106-89(94)75-70-65-60-55-50-45-40-36-33-32-34-38-42-46-51-56-61-66-71-82(5)9-4)81-104-108(97,98)102-77-83(90)76-101-107(95,96)103-80-84(78-99-86(91)72-67-62-57-52-47-41-27-24-21-18-15-12-8-3)105-88(93)74-69-64-59-54-49-44-37-29-26-23-20-17-14-11-7-2/h82-85,90H,6-81H2,1-5H3,(H,95,96)(H,97,98)/t82?,83-,84+,85+/m0/s1. The highest BCUT2D eigenvalue weighted by atomic mass is 31.2. The summed E-state index contributed by atoms with van der Waals surface area (Å²) in [5.74, 6) is -1.22. The summed E-state index contributed by atoms with van der Waals surface area (Å²) in [6.07, 6.45) is 76.2. The molecule has 0 rings (SSSR count). The van der Waals surface area contributed by atoms with Gasteiger partial charge in [0.05, 0.1) is 26.4 Å². The summed E-state index contributed by atoms with van der Waals surface area (Å²) in [6.45, 7) is 7.46. The van der Waals surface area contributed by atoms with E-state index in [1.54, 1.807) is 0 Å². The monoisotopic (exact) mass is 1580 g/mol. The van der Waals surface area contributed by atoms with Gasteiger partial charge >= 0.3 is 39.5 Å². The zero-order valence-corrected chi connectivity index (χ0v) is 72.8. The van der Waals surface area contributed by atoms with Crippen molar-refractivity contribution >= 4 is 39.5 Å². The second kappa shape index (κ2) is 81.6. The molecule has 19 heteroatoms. The molecule has 0 amide bonds. The Hall–Kier alpha value is -1.94. The SMILES string of the molecule is CCCCCCCCCCCCCCCCCCCCC(=O)OC[C@H](COP(=O)(O)OC[C@@H](O)COP(=O)(O)OC[C@@H](COC(=O)CCCCCCCCCCCCCCC)OC(=O)CCCCCCCCCCCCCCCCC)OC(=O)CCCCCCCCCCCCCCCCCCCCC(C)CC. The topological polar surface area (TPSA) is 237 Å². The zero-order chi connectivity index (χ0) is 79.0. The minimum atomic E-state index is -4.97. The molecule has 17 nitrogen and oxygen atoms in total. The second-order valence-corrected chi connectivity index (χ2v) is 35.1. The van der Waals surface area contributed by atoms with E-state index in [0.717, 1.165) is 95.8 Å². The molecule has 3 N–H and O–H groups in total. The van der Waals surface area contributed by atoms with E-state index in [4.69, 9.17) is 37.0 Å². The van der Waals surface area contributed by atoms with E-state index in [1.807, 2.05) is 0 Å². The maximum Gasteiger partial charge on any atom is 0.472 e. The lowest BCUT2D eigenvalue weighted by atomic mass is 9.99. The molecule has 0 spiro atoms. The van der Waals surface area contributed by atoms with Crippen molar-refractivity contribution in [3.8, 4) is 0 Å². The maximum absolute atomic E-state index is 13.2. The predicted molar refractivity (Wildman–Crippen MR) is 446 cm³/mol.